The van der Waals surface area contributed by atoms with Gasteiger partial charge in [0.15, 0.2) is 0 Å². The predicted octanol–water partition coefficient (Wildman–Crippen LogP) is 4.27. The van der Waals surface area contributed by atoms with Gasteiger partial charge in [0.2, 0.25) is 0 Å². The van der Waals surface area contributed by atoms with Crippen molar-refractivity contribution in [2.75, 3.05) is 0 Å². The summed E-state index contributed by atoms with van der Waals surface area (Å²) in [4.78, 5) is 0.239. The number of benzene rings is 2. The molecule has 0 aliphatic rings. The fourth-order valence-corrected chi connectivity index (χ4v) is 2.42. The summed E-state index contributed by atoms with van der Waals surface area (Å²) in [6.07, 6.45) is 0. The second kappa shape index (κ2) is 5.81. The molecule has 0 fully saturated rings. The zero-order chi connectivity index (χ0) is 13.8. The van der Waals surface area contributed by atoms with Crippen molar-refractivity contribution < 1.29 is 13.2 Å². The number of nitrogens with zero attached hydrogens (tertiary/aromatic N) is 1. The quantitative estimate of drug-likeness (QED) is 0.783. The molecular weight excluding hydrogens is 271 g/mol. The van der Waals surface area contributed by atoms with Crippen molar-refractivity contribution in [3.05, 3.63) is 65.0 Å². The van der Waals surface area contributed by atoms with E-state index in [0.717, 1.165) is 23.9 Å². The Bertz CT molecular complexity index is 650. The summed E-state index contributed by atoms with van der Waals surface area (Å²) in [5, 5.41) is 8.70. The van der Waals surface area contributed by atoms with E-state index < -0.39 is 17.5 Å². The smallest absolute Gasteiger partial charge is 0.144 e. The van der Waals surface area contributed by atoms with Crippen LogP contribution in [0.25, 0.3) is 0 Å². The van der Waals surface area contributed by atoms with Crippen molar-refractivity contribution in [1.29, 1.82) is 5.26 Å². The van der Waals surface area contributed by atoms with Crippen LogP contribution in [0, 0.1) is 28.8 Å². The Morgan fingerprint density at radius 3 is 2.58 bits per heavy atom. The minimum absolute atomic E-state index is 0.0438. The predicted molar refractivity (Wildman–Crippen MR) is 67.0 cm³/mol. The van der Waals surface area contributed by atoms with Gasteiger partial charge >= 0.3 is 0 Å². The van der Waals surface area contributed by atoms with Crippen molar-refractivity contribution in [3.63, 3.8) is 0 Å². The molecule has 19 heavy (non-hydrogen) atoms. The maximum Gasteiger partial charge on any atom is 0.144 e. The van der Waals surface area contributed by atoms with E-state index in [0.29, 0.717) is 5.56 Å². The number of nitriles is 1. The third-order valence-electron chi connectivity index (χ3n) is 2.48. The molecule has 0 heterocycles. The van der Waals surface area contributed by atoms with Crippen LogP contribution >= 0.6 is 11.8 Å². The first-order valence-electron chi connectivity index (χ1n) is 5.37. The molecule has 0 unspecified atom stereocenters. The van der Waals surface area contributed by atoms with Gasteiger partial charge in [0.25, 0.3) is 0 Å². The average molecular weight is 279 g/mol. The molecule has 2 aromatic rings. The zero-order valence-electron chi connectivity index (χ0n) is 9.66. The molecule has 0 amide bonds. The van der Waals surface area contributed by atoms with Crippen LogP contribution in [0.5, 0.6) is 0 Å². The van der Waals surface area contributed by atoms with Gasteiger partial charge in [0.1, 0.15) is 23.5 Å². The van der Waals surface area contributed by atoms with Gasteiger partial charge in [-0.3, -0.25) is 0 Å². The Hall–Kier alpha value is -1.93. The molecule has 0 N–H and O–H groups in total. The van der Waals surface area contributed by atoms with E-state index in [2.05, 4.69) is 0 Å². The summed E-state index contributed by atoms with van der Waals surface area (Å²) < 4.78 is 39.9. The maximum atomic E-state index is 13.8. The first-order chi connectivity index (χ1) is 9.11. The third-order valence-corrected chi connectivity index (χ3v) is 3.57. The van der Waals surface area contributed by atoms with Gasteiger partial charge in [0.05, 0.1) is 5.56 Å². The Morgan fingerprint density at radius 2 is 1.89 bits per heavy atom. The Labute approximate surface area is 112 Å². The lowest BCUT2D eigenvalue weighted by Crippen LogP contribution is -1.92. The highest BCUT2D eigenvalue weighted by atomic mass is 32.2. The molecule has 0 saturated heterocycles. The minimum Gasteiger partial charge on any atom is -0.207 e. The molecule has 96 valence electrons. The summed E-state index contributed by atoms with van der Waals surface area (Å²) in [5.74, 6) is -1.76. The summed E-state index contributed by atoms with van der Waals surface area (Å²) >= 11 is 1.05. The van der Waals surface area contributed by atoms with E-state index in [9.17, 15) is 13.2 Å². The molecule has 0 bridgehead atoms. The van der Waals surface area contributed by atoms with Gasteiger partial charge < -0.3 is 0 Å². The molecule has 1 nitrogen and oxygen atoms in total. The summed E-state index contributed by atoms with van der Waals surface area (Å²) in [7, 11) is 0. The molecule has 0 radical (unpaired) electrons. The Kier molecular flexibility index (Phi) is 4.13. The molecule has 0 aliphatic heterocycles. The van der Waals surface area contributed by atoms with Crippen LogP contribution < -0.4 is 0 Å². The van der Waals surface area contributed by atoms with Crippen molar-refractivity contribution in [2.45, 2.75) is 10.6 Å². The summed E-state index contributed by atoms with van der Waals surface area (Å²) in [5.41, 5.74) is 0.269. The topological polar surface area (TPSA) is 23.8 Å². The molecule has 0 aromatic heterocycles. The second-order valence-electron chi connectivity index (χ2n) is 3.75. The number of hydrogen-bond acceptors (Lipinski definition) is 2. The molecule has 0 spiro atoms. The monoisotopic (exact) mass is 279 g/mol. The van der Waals surface area contributed by atoms with E-state index in [1.54, 1.807) is 12.1 Å². The van der Waals surface area contributed by atoms with Crippen LogP contribution in [-0.4, -0.2) is 0 Å². The highest BCUT2D eigenvalue weighted by molar-refractivity contribution is 7.98. The van der Waals surface area contributed by atoms with Gasteiger partial charge in [-0.05, 0) is 23.8 Å². The minimum atomic E-state index is -0.679. The fourth-order valence-electron chi connectivity index (χ4n) is 1.53. The highest BCUT2D eigenvalue weighted by Crippen LogP contribution is 2.27. The molecule has 2 aromatic carbocycles. The van der Waals surface area contributed by atoms with Crippen LogP contribution in [0.4, 0.5) is 13.2 Å². The number of thioether (sulfide) groups is 1. The van der Waals surface area contributed by atoms with Crippen LogP contribution in [0.1, 0.15) is 11.1 Å². The van der Waals surface area contributed by atoms with Crippen LogP contribution in [0.2, 0.25) is 0 Å². The Morgan fingerprint density at radius 1 is 1.11 bits per heavy atom. The second-order valence-corrected chi connectivity index (χ2v) is 4.77. The van der Waals surface area contributed by atoms with Gasteiger partial charge in [-0.25, -0.2) is 13.2 Å². The van der Waals surface area contributed by atoms with Gasteiger partial charge in [-0.15, -0.1) is 11.8 Å². The molecule has 0 saturated carbocycles. The zero-order valence-corrected chi connectivity index (χ0v) is 10.5. The van der Waals surface area contributed by atoms with Crippen molar-refractivity contribution in [1.82, 2.24) is 0 Å². The lowest BCUT2D eigenvalue weighted by Gasteiger charge is -2.05. The fraction of sp³-hybridized carbons (Fsp3) is 0.0714. The summed E-state index contributed by atoms with van der Waals surface area (Å²) in [6, 6.07) is 9.46. The van der Waals surface area contributed by atoms with E-state index in [4.69, 9.17) is 5.26 Å². The highest BCUT2D eigenvalue weighted by Gasteiger charge is 2.10. The normalized spacial score (nSPS) is 10.2. The SMILES string of the molecule is N#Cc1cccc(CSc2ccc(F)cc2F)c1F. The first kappa shape index (κ1) is 13.5. The van der Waals surface area contributed by atoms with Gasteiger partial charge in [-0.1, -0.05) is 12.1 Å². The summed E-state index contributed by atoms with van der Waals surface area (Å²) in [6.45, 7) is 0. The third kappa shape index (κ3) is 3.09. The van der Waals surface area contributed by atoms with E-state index >= 15 is 0 Å². The lowest BCUT2D eigenvalue weighted by molar-refractivity contribution is 0.565. The Balaban J connectivity index is 2.17. The van der Waals surface area contributed by atoms with E-state index in [-0.39, 0.29) is 16.2 Å². The number of halogens is 3. The maximum absolute atomic E-state index is 13.8. The van der Waals surface area contributed by atoms with Crippen LogP contribution in [0.15, 0.2) is 41.3 Å². The van der Waals surface area contributed by atoms with Crippen molar-refractivity contribution in [2.24, 2.45) is 0 Å². The van der Waals surface area contributed by atoms with Crippen molar-refractivity contribution >= 4 is 11.8 Å². The number of hydrogen-bond donors (Lipinski definition) is 0. The average Bonchev–Trinajstić information content (AvgIpc) is 2.39. The molecule has 0 atom stereocenters. The lowest BCUT2D eigenvalue weighted by atomic mass is 10.1. The first-order valence-corrected chi connectivity index (χ1v) is 6.35. The van der Waals surface area contributed by atoms with Crippen molar-refractivity contribution in [3.8, 4) is 6.07 Å². The van der Waals surface area contributed by atoms with Gasteiger partial charge in [-0.2, -0.15) is 5.26 Å². The standard InChI is InChI=1S/C14H8F3NS/c15-11-4-5-13(12(16)6-11)19-8-10-3-1-2-9(7-18)14(10)17/h1-6H,8H2. The largest absolute Gasteiger partial charge is 0.207 e. The number of rotatable bonds is 3. The molecule has 2 rings (SSSR count). The molecule has 5 heteroatoms. The van der Waals surface area contributed by atoms with Crippen LogP contribution in [-0.2, 0) is 5.75 Å². The van der Waals surface area contributed by atoms with E-state index in [1.165, 1.54) is 18.2 Å². The van der Waals surface area contributed by atoms with E-state index in [1.807, 2.05) is 0 Å². The molecular formula is C14H8F3NS. The van der Waals surface area contributed by atoms with Crippen LogP contribution in [0.3, 0.4) is 0 Å². The van der Waals surface area contributed by atoms with Gasteiger partial charge in [0, 0.05) is 16.7 Å². The molecule has 0 aliphatic carbocycles.